The summed E-state index contributed by atoms with van der Waals surface area (Å²) < 4.78 is 0. The van der Waals surface area contributed by atoms with Crippen LogP contribution in [0.4, 0.5) is 0 Å². The fourth-order valence-corrected chi connectivity index (χ4v) is 2.00. The third-order valence-corrected chi connectivity index (χ3v) is 3.34. The van der Waals surface area contributed by atoms with E-state index in [-0.39, 0.29) is 11.9 Å². The highest BCUT2D eigenvalue weighted by atomic mass is 35.5. The Balaban J connectivity index is 2.02. The molecule has 0 saturated heterocycles. The number of benzene rings is 1. The first-order chi connectivity index (χ1) is 9.18. The monoisotopic (exact) mass is 274 g/mol. The summed E-state index contributed by atoms with van der Waals surface area (Å²) in [6.07, 6.45) is 3.40. The standard InChI is InChI=1S/C15H15ClN2O/c1-11(12-7-9-17-10-8-12)18-15(19)14(16)13-5-3-2-4-6-13/h2-11,14H,1H3,(H,18,19)/t11-,14?/m1/s1. The first kappa shape index (κ1) is 13.6. The predicted molar refractivity (Wildman–Crippen MR) is 75.8 cm³/mol. The van der Waals surface area contributed by atoms with Crippen molar-refractivity contribution in [2.24, 2.45) is 0 Å². The van der Waals surface area contributed by atoms with Gasteiger partial charge >= 0.3 is 0 Å². The maximum atomic E-state index is 12.1. The van der Waals surface area contributed by atoms with Crippen LogP contribution >= 0.6 is 11.6 Å². The number of hydrogen-bond donors (Lipinski definition) is 1. The third kappa shape index (κ3) is 3.55. The number of halogens is 1. The van der Waals surface area contributed by atoms with Gasteiger partial charge in [-0.05, 0) is 30.2 Å². The number of nitrogens with zero attached hydrogens (tertiary/aromatic N) is 1. The molecule has 1 amide bonds. The van der Waals surface area contributed by atoms with Crippen molar-refractivity contribution >= 4 is 17.5 Å². The molecule has 0 aliphatic heterocycles. The van der Waals surface area contributed by atoms with Crippen LogP contribution < -0.4 is 5.32 Å². The van der Waals surface area contributed by atoms with Crippen molar-refractivity contribution in [2.75, 3.05) is 0 Å². The quantitative estimate of drug-likeness (QED) is 0.870. The van der Waals surface area contributed by atoms with Crippen molar-refractivity contribution in [1.29, 1.82) is 0 Å². The highest BCUT2D eigenvalue weighted by Gasteiger charge is 2.19. The Kier molecular flexibility index (Phi) is 4.53. The van der Waals surface area contributed by atoms with Gasteiger partial charge in [-0.2, -0.15) is 0 Å². The Bertz CT molecular complexity index is 530. The molecule has 4 heteroatoms. The van der Waals surface area contributed by atoms with Gasteiger partial charge in [0.2, 0.25) is 5.91 Å². The Hall–Kier alpha value is -1.87. The molecule has 2 rings (SSSR count). The van der Waals surface area contributed by atoms with Crippen LogP contribution in [0.25, 0.3) is 0 Å². The third-order valence-electron chi connectivity index (χ3n) is 2.89. The zero-order valence-electron chi connectivity index (χ0n) is 10.6. The molecular formula is C15H15ClN2O. The maximum Gasteiger partial charge on any atom is 0.243 e. The molecule has 1 N–H and O–H groups in total. The van der Waals surface area contributed by atoms with E-state index in [0.717, 1.165) is 11.1 Å². The molecule has 0 spiro atoms. The molecule has 0 fully saturated rings. The normalized spacial score (nSPS) is 13.6. The van der Waals surface area contributed by atoms with Crippen LogP contribution in [0, 0.1) is 0 Å². The number of alkyl halides is 1. The summed E-state index contributed by atoms with van der Waals surface area (Å²) in [4.78, 5) is 16.0. The van der Waals surface area contributed by atoms with Gasteiger partial charge in [-0.3, -0.25) is 9.78 Å². The minimum atomic E-state index is -0.675. The average molecular weight is 275 g/mol. The second kappa shape index (κ2) is 6.34. The van der Waals surface area contributed by atoms with E-state index < -0.39 is 5.38 Å². The van der Waals surface area contributed by atoms with Crippen molar-refractivity contribution in [1.82, 2.24) is 10.3 Å². The van der Waals surface area contributed by atoms with E-state index in [4.69, 9.17) is 11.6 Å². The number of pyridine rings is 1. The number of hydrogen-bond acceptors (Lipinski definition) is 2. The molecule has 0 aliphatic carbocycles. The van der Waals surface area contributed by atoms with Crippen LogP contribution in [0.2, 0.25) is 0 Å². The SMILES string of the molecule is C[C@@H](NC(=O)C(Cl)c1ccccc1)c1ccncc1. The van der Waals surface area contributed by atoms with E-state index in [9.17, 15) is 4.79 Å². The molecule has 1 unspecified atom stereocenters. The topological polar surface area (TPSA) is 42.0 Å². The van der Waals surface area contributed by atoms with E-state index in [1.54, 1.807) is 12.4 Å². The van der Waals surface area contributed by atoms with E-state index in [1.165, 1.54) is 0 Å². The molecule has 0 saturated carbocycles. The molecule has 0 radical (unpaired) electrons. The molecule has 1 aromatic heterocycles. The van der Waals surface area contributed by atoms with Crippen LogP contribution in [-0.4, -0.2) is 10.9 Å². The lowest BCUT2D eigenvalue weighted by Crippen LogP contribution is -2.29. The van der Waals surface area contributed by atoms with Crippen molar-refractivity contribution < 1.29 is 4.79 Å². The highest BCUT2D eigenvalue weighted by molar-refractivity contribution is 6.30. The van der Waals surface area contributed by atoms with Gasteiger partial charge in [0.15, 0.2) is 0 Å². The van der Waals surface area contributed by atoms with E-state index in [0.29, 0.717) is 0 Å². The minimum absolute atomic E-state index is 0.0968. The molecule has 1 aromatic carbocycles. The number of carbonyl (C=O) groups is 1. The summed E-state index contributed by atoms with van der Waals surface area (Å²) in [7, 11) is 0. The van der Waals surface area contributed by atoms with Gasteiger partial charge in [-0.25, -0.2) is 0 Å². The molecule has 1 heterocycles. The zero-order chi connectivity index (χ0) is 13.7. The van der Waals surface area contributed by atoms with Crippen molar-refractivity contribution in [2.45, 2.75) is 18.3 Å². The van der Waals surface area contributed by atoms with Crippen LogP contribution in [0.3, 0.4) is 0 Å². The Morgan fingerprint density at radius 3 is 2.37 bits per heavy atom. The van der Waals surface area contributed by atoms with Crippen LogP contribution in [0.5, 0.6) is 0 Å². The van der Waals surface area contributed by atoms with Gasteiger partial charge in [-0.15, -0.1) is 11.6 Å². The minimum Gasteiger partial charge on any atom is -0.348 e. The number of nitrogens with one attached hydrogen (secondary N) is 1. The molecule has 0 aliphatic rings. The largest absolute Gasteiger partial charge is 0.348 e. The van der Waals surface area contributed by atoms with Crippen LogP contribution in [0.1, 0.15) is 29.5 Å². The summed E-state index contributed by atoms with van der Waals surface area (Å²) in [5.74, 6) is -0.197. The first-order valence-corrected chi connectivity index (χ1v) is 6.51. The Labute approximate surface area is 117 Å². The lowest BCUT2D eigenvalue weighted by atomic mass is 10.1. The Morgan fingerprint density at radius 1 is 1.11 bits per heavy atom. The highest BCUT2D eigenvalue weighted by Crippen LogP contribution is 2.21. The van der Waals surface area contributed by atoms with E-state index in [2.05, 4.69) is 10.3 Å². The van der Waals surface area contributed by atoms with Gasteiger partial charge in [0.25, 0.3) is 0 Å². The van der Waals surface area contributed by atoms with E-state index in [1.807, 2.05) is 49.4 Å². The number of amides is 1. The molecule has 2 atom stereocenters. The van der Waals surface area contributed by atoms with Gasteiger partial charge in [0.1, 0.15) is 5.38 Å². The van der Waals surface area contributed by atoms with Gasteiger partial charge in [-0.1, -0.05) is 30.3 Å². The molecular weight excluding hydrogens is 260 g/mol. The molecule has 3 nitrogen and oxygen atoms in total. The van der Waals surface area contributed by atoms with E-state index >= 15 is 0 Å². The summed E-state index contributed by atoms with van der Waals surface area (Å²) >= 11 is 6.16. The smallest absolute Gasteiger partial charge is 0.243 e. The summed E-state index contributed by atoms with van der Waals surface area (Å²) in [6.45, 7) is 1.92. The number of rotatable bonds is 4. The number of aromatic nitrogens is 1. The van der Waals surface area contributed by atoms with Gasteiger partial charge < -0.3 is 5.32 Å². The van der Waals surface area contributed by atoms with Crippen LogP contribution in [-0.2, 0) is 4.79 Å². The Morgan fingerprint density at radius 2 is 1.74 bits per heavy atom. The van der Waals surface area contributed by atoms with Crippen LogP contribution in [0.15, 0.2) is 54.9 Å². The van der Waals surface area contributed by atoms with Crippen molar-refractivity contribution in [3.63, 3.8) is 0 Å². The summed E-state index contributed by atoms with van der Waals surface area (Å²) in [5.41, 5.74) is 1.80. The summed E-state index contributed by atoms with van der Waals surface area (Å²) in [5, 5.41) is 2.22. The zero-order valence-corrected chi connectivity index (χ0v) is 11.3. The molecule has 19 heavy (non-hydrogen) atoms. The first-order valence-electron chi connectivity index (χ1n) is 6.08. The lowest BCUT2D eigenvalue weighted by molar-refractivity contribution is -0.121. The maximum absolute atomic E-state index is 12.1. The van der Waals surface area contributed by atoms with Crippen molar-refractivity contribution in [3.8, 4) is 0 Å². The van der Waals surface area contributed by atoms with Gasteiger partial charge in [0.05, 0.1) is 6.04 Å². The fraction of sp³-hybridized carbons (Fsp3) is 0.200. The molecule has 2 aromatic rings. The molecule has 0 bridgehead atoms. The van der Waals surface area contributed by atoms with Crippen molar-refractivity contribution in [3.05, 3.63) is 66.0 Å². The number of carbonyl (C=O) groups excluding carboxylic acids is 1. The second-order valence-electron chi connectivity index (χ2n) is 4.28. The average Bonchev–Trinajstić information content (AvgIpc) is 2.48. The fourth-order valence-electron chi connectivity index (χ4n) is 1.80. The summed E-state index contributed by atoms with van der Waals surface area (Å²) in [6, 6.07) is 13.0. The van der Waals surface area contributed by atoms with Gasteiger partial charge in [0, 0.05) is 12.4 Å². The lowest BCUT2D eigenvalue weighted by Gasteiger charge is -2.17. The second-order valence-corrected chi connectivity index (χ2v) is 4.72. The predicted octanol–water partition coefficient (Wildman–Crippen LogP) is 3.24. The molecule has 98 valence electrons.